The third-order valence-corrected chi connectivity index (χ3v) is 5.01. The Labute approximate surface area is 160 Å². The van der Waals surface area contributed by atoms with E-state index < -0.39 is 0 Å². The molecular weight excluding hydrogens is 348 g/mol. The molecule has 1 aromatic carbocycles. The van der Waals surface area contributed by atoms with Crippen molar-refractivity contribution in [2.75, 3.05) is 25.0 Å². The molecule has 0 bridgehead atoms. The van der Waals surface area contributed by atoms with Crippen LogP contribution >= 0.6 is 11.6 Å². The van der Waals surface area contributed by atoms with Crippen LogP contribution in [0.5, 0.6) is 0 Å². The van der Waals surface area contributed by atoms with Gasteiger partial charge in [-0.1, -0.05) is 29.8 Å². The summed E-state index contributed by atoms with van der Waals surface area (Å²) in [5.41, 5.74) is 1.99. The zero-order chi connectivity index (χ0) is 18.4. The van der Waals surface area contributed by atoms with Gasteiger partial charge in [0.05, 0.1) is 0 Å². The maximum absolute atomic E-state index is 12.4. The fourth-order valence-corrected chi connectivity index (χ4v) is 3.33. The zero-order valence-corrected chi connectivity index (χ0v) is 15.9. The molecule has 2 heterocycles. The van der Waals surface area contributed by atoms with E-state index in [2.05, 4.69) is 21.3 Å². The molecule has 2 aromatic rings. The average Bonchev–Trinajstić information content (AvgIpc) is 2.68. The van der Waals surface area contributed by atoms with E-state index in [0.29, 0.717) is 18.1 Å². The Hall–Kier alpha value is -2.27. The molecular formula is C20H25ClN4O. The van der Waals surface area contributed by atoms with Crippen LogP contribution in [0.4, 0.5) is 10.6 Å². The molecule has 2 amide bonds. The molecule has 0 radical (unpaired) electrons. The topological polar surface area (TPSA) is 48.5 Å². The van der Waals surface area contributed by atoms with Gasteiger partial charge in [0.25, 0.3) is 0 Å². The molecule has 1 fully saturated rings. The van der Waals surface area contributed by atoms with E-state index in [4.69, 9.17) is 11.6 Å². The minimum atomic E-state index is -0.124. The third kappa shape index (κ3) is 4.88. The number of anilines is 1. The van der Waals surface area contributed by atoms with Crippen molar-refractivity contribution in [1.29, 1.82) is 0 Å². The Bertz CT molecular complexity index is 746. The molecule has 3 rings (SSSR count). The number of halogens is 1. The number of amides is 2. The summed E-state index contributed by atoms with van der Waals surface area (Å²) in [5.74, 6) is 1.00. The Morgan fingerprint density at radius 1 is 1.23 bits per heavy atom. The summed E-state index contributed by atoms with van der Waals surface area (Å²) >= 11 is 6.17. The predicted molar refractivity (Wildman–Crippen MR) is 105 cm³/mol. The van der Waals surface area contributed by atoms with Crippen molar-refractivity contribution < 1.29 is 4.79 Å². The van der Waals surface area contributed by atoms with Gasteiger partial charge in [-0.15, -0.1) is 0 Å². The minimum absolute atomic E-state index is 0.124. The summed E-state index contributed by atoms with van der Waals surface area (Å²) in [4.78, 5) is 20.8. The molecule has 1 aliphatic rings. The largest absolute Gasteiger partial charge is 0.357 e. The van der Waals surface area contributed by atoms with Gasteiger partial charge in [-0.25, -0.2) is 9.78 Å². The average molecular weight is 373 g/mol. The fourth-order valence-electron chi connectivity index (χ4n) is 3.13. The van der Waals surface area contributed by atoms with E-state index in [1.807, 2.05) is 36.5 Å². The number of nitrogens with zero attached hydrogens (tertiary/aromatic N) is 3. The highest BCUT2D eigenvalue weighted by Crippen LogP contribution is 2.19. The lowest BCUT2D eigenvalue weighted by Crippen LogP contribution is -2.36. The number of aromatic nitrogens is 1. The van der Waals surface area contributed by atoms with Gasteiger partial charge in [0, 0.05) is 44.4 Å². The van der Waals surface area contributed by atoms with E-state index in [1.165, 1.54) is 19.3 Å². The SMILES string of the molecule is CN(Cc1ccccc1Cl)C(=O)NCc1ccnc(N2CCCCC2)c1. The molecule has 0 saturated carbocycles. The van der Waals surface area contributed by atoms with Crippen molar-refractivity contribution in [2.24, 2.45) is 0 Å². The van der Waals surface area contributed by atoms with Crippen LogP contribution in [0.25, 0.3) is 0 Å². The molecule has 6 heteroatoms. The lowest BCUT2D eigenvalue weighted by atomic mass is 10.1. The van der Waals surface area contributed by atoms with Crippen LogP contribution in [0.3, 0.4) is 0 Å². The molecule has 1 aliphatic heterocycles. The van der Waals surface area contributed by atoms with E-state index in [-0.39, 0.29) is 6.03 Å². The molecule has 0 atom stereocenters. The molecule has 0 unspecified atom stereocenters. The number of hydrogen-bond donors (Lipinski definition) is 1. The maximum atomic E-state index is 12.4. The Morgan fingerprint density at radius 2 is 2.00 bits per heavy atom. The first-order valence-corrected chi connectivity index (χ1v) is 9.43. The first-order valence-electron chi connectivity index (χ1n) is 9.06. The summed E-state index contributed by atoms with van der Waals surface area (Å²) in [6.45, 7) is 3.07. The molecule has 0 spiro atoms. The molecule has 138 valence electrons. The highest BCUT2D eigenvalue weighted by molar-refractivity contribution is 6.31. The van der Waals surface area contributed by atoms with E-state index in [9.17, 15) is 4.79 Å². The van der Waals surface area contributed by atoms with Gasteiger partial charge in [0.1, 0.15) is 5.82 Å². The Kier molecular flexibility index (Phi) is 6.34. The second-order valence-electron chi connectivity index (χ2n) is 6.68. The lowest BCUT2D eigenvalue weighted by molar-refractivity contribution is 0.206. The highest BCUT2D eigenvalue weighted by Gasteiger charge is 2.13. The third-order valence-electron chi connectivity index (χ3n) is 4.65. The smallest absolute Gasteiger partial charge is 0.317 e. The van der Waals surface area contributed by atoms with Crippen molar-refractivity contribution in [3.63, 3.8) is 0 Å². The number of piperidine rings is 1. The lowest BCUT2D eigenvalue weighted by Gasteiger charge is -2.28. The minimum Gasteiger partial charge on any atom is -0.357 e. The number of hydrogen-bond acceptors (Lipinski definition) is 3. The second kappa shape index (κ2) is 8.90. The summed E-state index contributed by atoms with van der Waals surface area (Å²) in [6.07, 6.45) is 5.55. The number of nitrogens with one attached hydrogen (secondary N) is 1. The number of benzene rings is 1. The number of carbonyl (C=O) groups is 1. The van der Waals surface area contributed by atoms with Gasteiger partial charge >= 0.3 is 6.03 Å². The van der Waals surface area contributed by atoms with Gasteiger partial charge < -0.3 is 15.1 Å². The second-order valence-corrected chi connectivity index (χ2v) is 7.08. The van der Waals surface area contributed by atoms with Gasteiger partial charge in [0.15, 0.2) is 0 Å². The monoisotopic (exact) mass is 372 g/mol. The molecule has 5 nitrogen and oxygen atoms in total. The van der Waals surface area contributed by atoms with Crippen LogP contribution in [-0.2, 0) is 13.1 Å². The van der Waals surface area contributed by atoms with Crippen LogP contribution in [-0.4, -0.2) is 36.1 Å². The van der Waals surface area contributed by atoms with Crippen molar-refractivity contribution in [2.45, 2.75) is 32.4 Å². The van der Waals surface area contributed by atoms with Crippen molar-refractivity contribution in [1.82, 2.24) is 15.2 Å². The van der Waals surface area contributed by atoms with Crippen molar-refractivity contribution in [3.05, 3.63) is 58.7 Å². The van der Waals surface area contributed by atoms with Crippen LogP contribution in [0.1, 0.15) is 30.4 Å². The van der Waals surface area contributed by atoms with E-state index in [1.54, 1.807) is 11.9 Å². The van der Waals surface area contributed by atoms with Gasteiger partial charge in [-0.2, -0.15) is 0 Å². The number of carbonyl (C=O) groups excluding carboxylic acids is 1. The fraction of sp³-hybridized carbons (Fsp3) is 0.400. The first kappa shape index (κ1) is 18.5. The summed E-state index contributed by atoms with van der Waals surface area (Å²) < 4.78 is 0. The quantitative estimate of drug-likeness (QED) is 0.860. The number of pyridine rings is 1. The molecule has 1 N–H and O–H groups in total. The first-order chi connectivity index (χ1) is 12.6. The number of urea groups is 1. The number of rotatable bonds is 5. The zero-order valence-electron chi connectivity index (χ0n) is 15.1. The molecule has 26 heavy (non-hydrogen) atoms. The summed E-state index contributed by atoms with van der Waals surface area (Å²) in [6, 6.07) is 11.5. The molecule has 1 aromatic heterocycles. The molecule has 1 saturated heterocycles. The summed E-state index contributed by atoms with van der Waals surface area (Å²) in [7, 11) is 1.77. The summed E-state index contributed by atoms with van der Waals surface area (Å²) in [5, 5.41) is 3.64. The van der Waals surface area contributed by atoms with Crippen LogP contribution in [0.2, 0.25) is 5.02 Å². The van der Waals surface area contributed by atoms with Crippen molar-refractivity contribution in [3.8, 4) is 0 Å². The normalized spacial score (nSPS) is 14.2. The van der Waals surface area contributed by atoms with Gasteiger partial charge in [0.2, 0.25) is 0 Å². The Morgan fingerprint density at radius 3 is 2.77 bits per heavy atom. The highest BCUT2D eigenvalue weighted by atomic mass is 35.5. The van der Waals surface area contributed by atoms with E-state index >= 15 is 0 Å². The van der Waals surface area contributed by atoms with Crippen molar-refractivity contribution >= 4 is 23.4 Å². The van der Waals surface area contributed by atoms with Crippen LogP contribution < -0.4 is 10.2 Å². The maximum Gasteiger partial charge on any atom is 0.317 e. The van der Waals surface area contributed by atoms with Gasteiger partial charge in [-0.3, -0.25) is 0 Å². The van der Waals surface area contributed by atoms with Crippen LogP contribution in [0, 0.1) is 0 Å². The van der Waals surface area contributed by atoms with E-state index in [0.717, 1.165) is 30.0 Å². The predicted octanol–water partition coefficient (Wildman–Crippen LogP) is 4.07. The Balaban J connectivity index is 1.54. The van der Waals surface area contributed by atoms with Gasteiger partial charge in [-0.05, 0) is 48.6 Å². The molecule has 0 aliphatic carbocycles. The van der Waals surface area contributed by atoms with Crippen LogP contribution in [0.15, 0.2) is 42.6 Å². The standard InChI is InChI=1S/C20H25ClN4O/c1-24(15-17-7-3-4-8-18(17)21)20(26)23-14-16-9-10-22-19(13-16)25-11-5-2-6-12-25/h3-4,7-10,13H,2,5-6,11-12,14-15H2,1H3,(H,23,26).